The van der Waals surface area contributed by atoms with Crippen molar-refractivity contribution in [2.45, 2.75) is 16.7 Å². The Morgan fingerprint density at radius 3 is 2.70 bits per heavy atom. The molecule has 5 nitrogen and oxygen atoms in total. The number of ether oxygens (including phenoxy) is 1. The lowest BCUT2D eigenvalue weighted by atomic mass is 10.4. The van der Waals surface area contributed by atoms with Crippen LogP contribution in [0.1, 0.15) is 16.6 Å². The first-order valence-electron chi connectivity index (χ1n) is 5.80. The molecule has 0 saturated heterocycles. The van der Waals surface area contributed by atoms with Gasteiger partial charge >= 0.3 is 11.0 Å². The van der Waals surface area contributed by atoms with Crippen molar-refractivity contribution in [3.05, 3.63) is 51.4 Å². The second-order valence-corrected chi connectivity index (χ2v) is 5.82. The molecule has 0 fully saturated rings. The Bertz CT molecular complexity index is 625. The van der Waals surface area contributed by atoms with Crippen LogP contribution in [-0.2, 0) is 4.74 Å². The first-order chi connectivity index (χ1) is 9.61. The summed E-state index contributed by atoms with van der Waals surface area (Å²) in [5.41, 5.74) is 0. The lowest BCUT2D eigenvalue weighted by molar-refractivity contribution is -0.382. The van der Waals surface area contributed by atoms with Crippen molar-refractivity contribution in [2.75, 3.05) is 6.61 Å². The summed E-state index contributed by atoms with van der Waals surface area (Å²) < 4.78 is 4.87. The summed E-state index contributed by atoms with van der Waals surface area (Å²) in [7, 11) is 0. The number of thiophene rings is 1. The van der Waals surface area contributed by atoms with Gasteiger partial charge in [0.2, 0.25) is 0 Å². The van der Waals surface area contributed by atoms with Gasteiger partial charge in [-0.25, -0.2) is 4.79 Å². The average molecular weight is 309 g/mol. The SMILES string of the molecule is CCOC(=O)c1cc(Sc2ccccc2)c([N+](=O)[O-])s1. The molecular weight excluding hydrogens is 298 g/mol. The number of hydrogen-bond donors (Lipinski definition) is 0. The van der Waals surface area contributed by atoms with Crippen LogP contribution in [0.4, 0.5) is 5.00 Å². The predicted molar refractivity (Wildman–Crippen MR) is 77.5 cm³/mol. The van der Waals surface area contributed by atoms with E-state index in [1.807, 2.05) is 30.3 Å². The van der Waals surface area contributed by atoms with E-state index in [2.05, 4.69) is 0 Å². The number of esters is 1. The van der Waals surface area contributed by atoms with Gasteiger partial charge in [0.05, 0.1) is 11.5 Å². The predicted octanol–water partition coefficient (Wildman–Crippen LogP) is 3.98. The zero-order valence-electron chi connectivity index (χ0n) is 10.6. The molecule has 2 aromatic rings. The smallest absolute Gasteiger partial charge is 0.348 e. The minimum absolute atomic E-state index is 0.0399. The number of rotatable bonds is 5. The zero-order valence-corrected chi connectivity index (χ0v) is 12.2. The van der Waals surface area contributed by atoms with E-state index in [0.717, 1.165) is 16.2 Å². The van der Waals surface area contributed by atoms with Crippen molar-refractivity contribution in [1.82, 2.24) is 0 Å². The fraction of sp³-hybridized carbons (Fsp3) is 0.154. The molecule has 0 bridgehead atoms. The van der Waals surface area contributed by atoms with Crippen LogP contribution in [0, 0.1) is 10.1 Å². The number of carbonyl (C=O) groups excluding carboxylic acids is 1. The first-order valence-corrected chi connectivity index (χ1v) is 7.43. The van der Waals surface area contributed by atoms with E-state index in [-0.39, 0.29) is 16.5 Å². The van der Waals surface area contributed by atoms with Crippen LogP contribution in [0.15, 0.2) is 46.2 Å². The summed E-state index contributed by atoms with van der Waals surface area (Å²) in [6.45, 7) is 1.94. The molecule has 104 valence electrons. The third-order valence-electron chi connectivity index (χ3n) is 2.29. The highest BCUT2D eigenvalue weighted by atomic mass is 32.2. The van der Waals surface area contributed by atoms with Gasteiger partial charge in [-0.05, 0) is 25.1 Å². The number of carbonyl (C=O) groups is 1. The Morgan fingerprint density at radius 1 is 1.40 bits per heavy atom. The molecule has 1 aromatic heterocycles. The molecule has 2 rings (SSSR count). The molecule has 0 N–H and O–H groups in total. The minimum atomic E-state index is -0.527. The fourth-order valence-corrected chi connectivity index (χ4v) is 3.46. The second-order valence-electron chi connectivity index (χ2n) is 3.67. The monoisotopic (exact) mass is 309 g/mol. The quantitative estimate of drug-likeness (QED) is 0.474. The molecule has 0 aliphatic carbocycles. The molecule has 0 saturated carbocycles. The van der Waals surface area contributed by atoms with Gasteiger partial charge in [-0.2, -0.15) is 0 Å². The molecule has 0 amide bonds. The summed E-state index contributed by atoms with van der Waals surface area (Å²) in [5, 5.41) is 11.0. The maximum Gasteiger partial charge on any atom is 0.348 e. The second kappa shape index (κ2) is 6.53. The standard InChI is InChI=1S/C13H11NO4S2/c1-2-18-13(15)11-8-10(12(20-11)14(16)17)19-9-6-4-3-5-7-9/h3-8H,2H2,1H3. The fourth-order valence-electron chi connectivity index (χ4n) is 1.48. The van der Waals surface area contributed by atoms with E-state index < -0.39 is 10.9 Å². The molecule has 1 heterocycles. The highest BCUT2D eigenvalue weighted by Gasteiger charge is 2.23. The molecule has 0 unspecified atom stereocenters. The van der Waals surface area contributed by atoms with Gasteiger partial charge in [0.25, 0.3) is 0 Å². The van der Waals surface area contributed by atoms with Crippen LogP contribution >= 0.6 is 23.1 Å². The molecule has 1 aromatic carbocycles. The van der Waals surface area contributed by atoms with Gasteiger partial charge in [-0.15, -0.1) is 0 Å². The summed E-state index contributed by atoms with van der Waals surface area (Å²) in [4.78, 5) is 23.8. The molecule has 0 radical (unpaired) electrons. The van der Waals surface area contributed by atoms with Crippen molar-refractivity contribution in [3.8, 4) is 0 Å². The van der Waals surface area contributed by atoms with Crippen LogP contribution in [0.25, 0.3) is 0 Å². The topological polar surface area (TPSA) is 69.4 Å². The van der Waals surface area contributed by atoms with E-state index in [1.54, 1.807) is 6.92 Å². The number of nitro groups is 1. The van der Waals surface area contributed by atoms with Gasteiger partial charge in [0, 0.05) is 4.90 Å². The molecule has 0 spiro atoms. The normalized spacial score (nSPS) is 10.2. The molecule has 20 heavy (non-hydrogen) atoms. The van der Waals surface area contributed by atoms with Crippen LogP contribution in [0.3, 0.4) is 0 Å². The van der Waals surface area contributed by atoms with E-state index in [1.165, 1.54) is 17.8 Å². The first kappa shape index (κ1) is 14.5. The van der Waals surface area contributed by atoms with Crippen molar-refractivity contribution in [3.63, 3.8) is 0 Å². The molecular formula is C13H11NO4S2. The van der Waals surface area contributed by atoms with E-state index in [0.29, 0.717) is 4.90 Å². The summed E-state index contributed by atoms with van der Waals surface area (Å²) in [6.07, 6.45) is 0. The Morgan fingerprint density at radius 2 is 2.10 bits per heavy atom. The Kier molecular flexibility index (Phi) is 4.75. The number of nitrogens with zero attached hydrogens (tertiary/aromatic N) is 1. The third kappa shape index (κ3) is 3.37. The van der Waals surface area contributed by atoms with Gasteiger partial charge in [0.1, 0.15) is 9.77 Å². The van der Waals surface area contributed by atoms with Crippen molar-refractivity contribution in [2.24, 2.45) is 0 Å². The van der Waals surface area contributed by atoms with Gasteiger partial charge in [-0.3, -0.25) is 10.1 Å². The van der Waals surface area contributed by atoms with Gasteiger partial charge < -0.3 is 4.74 Å². The minimum Gasteiger partial charge on any atom is -0.462 e. The van der Waals surface area contributed by atoms with Crippen LogP contribution in [-0.4, -0.2) is 17.5 Å². The van der Waals surface area contributed by atoms with Crippen LogP contribution < -0.4 is 0 Å². The van der Waals surface area contributed by atoms with E-state index >= 15 is 0 Å². The van der Waals surface area contributed by atoms with Crippen molar-refractivity contribution >= 4 is 34.1 Å². The van der Waals surface area contributed by atoms with Crippen molar-refractivity contribution < 1.29 is 14.5 Å². The number of hydrogen-bond acceptors (Lipinski definition) is 6. The Balaban J connectivity index is 2.31. The van der Waals surface area contributed by atoms with E-state index in [4.69, 9.17) is 4.74 Å². The molecule has 0 atom stereocenters. The van der Waals surface area contributed by atoms with E-state index in [9.17, 15) is 14.9 Å². The van der Waals surface area contributed by atoms with Gasteiger partial charge in [-0.1, -0.05) is 41.3 Å². The third-order valence-corrected chi connectivity index (χ3v) is 4.53. The largest absolute Gasteiger partial charge is 0.462 e. The Hall–Kier alpha value is -1.86. The number of benzene rings is 1. The summed E-state index contributed by atoms with van der Waals surface area (Å²) in [5.74, 6) is -0.527. The molecule has 0 aliphatic rings. The summed E-state index contributed by atoms with van der Waals surface area (Å²) >= 11 is 2.10. The molecule has 0 aliphatic heterocycles. The highest BCUT2D eigenvalue weighted by Crippen LogP contribution is 2.40. The summed E-state index contributed by atoms with van der Waals surface area (Å²) in [6, 6.07) is 10.8. The average Bonchev–Trinajstić information content (AvgIpc) is 2.84. The Labute approximate surface area is 123 Å². The van der Waals surface area contributed by atoms with Gasteiger partial charge in [0.15, 0.2) is 0 Å². The lowest BCUT2D eigenvalue weighted by Crippen LogP contribution is -2.01. The molecule has 7 heteroatoms. The van der Waals surface area contributed by atoms with Crippen LogP contribution in [0.5, 0.6) is 0 Å². The van der Waals surface area contributed by atoms with Crippen molar-refractivity contribution in [1.29, 1.82) is 0 Å². The highest BCUT2D eigenvalue weighted by molar-refractivity contribution is 7.99. The zero-order chi connectivity index (χ0) is 14.5. The van der Waals surface area contributed by atoms with Crippen LogP contribution in [0.2, 0.25) is 0 Å². The lowest BCUT2D eigenvalue weighted by Gasteiger charge is -1.97. The maximum atomic E-state index is 11.6. The maximum absolute atomic E-state index is 11.6.